The van der Waals surface area contributed by atoms with Crippen LogP contribution in [0.4, 0.5) is 0 Å². The molecule has 0 amide bonds. The predicted molar refractivity (Wildman–Crippen MR) is 334 cm³/mol. The highest BCUT2D eigenvalue weighted by atomic mass is 79.9. The van der Waals surface area contributed by atoms with Gasteiger partial charge < -0.3 is 110 Å². The first-order chi connectivity index (χ1) is 43.6. The molecule has 2 heterocycles. The summed E-state index contributed by atoms with van der Waals surface area (Å²) in [5.74, 6) is 2.42. The average Bonchev–Trinajstić information content (AvgIpc) is 1.72. The summed E-state index contributed by atoms with van der Waals surface area (Å²) in [4.78, 5) is 0. The summed E-state index contributed by atoms with van der Waals surface area (Å²) in [5, 5.41) is 2.31. The van der Waals surface area contributed by atoms with Crippen molar-refractivity contribution in [1.82, 2.24) is 9.13 Å². The standard InChI is InChI=1S/C68H90N4O16.2BrH/c1-73-21-25-77-29-33-81-37-41-85-64-45-60-62(47-66(64)87-43-39-83-35-31-79-27-23-75-3)71(53-69(60)49-55-13-7-5-8-14-55)51-58-19-11-17-57-18-12-20-59(68(57)58)52-72-54-70(50-56-15-9-6-10-16-56)61-46-65(86-42-38-82-34-30-78-26-22-74-2)67(48-63(61)72)88-44-40-84-36-32-80-28-24-76-4;;/h5-20,45-48,53-54H,21-44,49-52H2,1-4H3;2*1H/q+2;;/p-2. The molecule has 2 aromatic heterocycles. The maximum atomic E-state index is 6.55. The van der Waals surface area contributed by atoms with Crippen molar-refractivity contribution in [1.29, 1.82) is 0 Å². The lowest BCUT2D eigenvalue weighted by Gasteiger charge is -2.14. The largest absolute Gasteiger partial charge is 1.00 e. The number of fused-ring (bicyclic) bond motifs is 3. The fourth-order valence-corrected chi connectivity index (χ4v) is 9.93. The molecule has 0 N–H and O–H groups in total. The van der Waals surface area contributed by atoms with Gasteiger partial charge >= 0.3 is 0 Å². The van der Waals surface area contributed by atoms with Crippen molar-refractivity contribution >= 4 is 32.8 Å². The first-order valence-electron chi connectivity index (χ1n) is 30.4. The Bertz CT molecular complexity index is 3020. The molecule has 90 heavy (non-hydrogen) atoms. The number of hydrogen-bond acceptors (Lipinski definition) is 16. The molecule has 20 nitrogen and oxygen atoms in total. The Balaban J connectivity index is 0.00000645. The second kappa shape index (κ2) is 43.1. The van der Waals surface area contributed by atoms with Crippen LogP contribution in [0.3, 0.4) is 0 Å². The minimum atomic E-state index is 0. The lowest BCUT2D eigenvalue weighted by Crippen LogP contribution is -3.00. The van der Waals surface area contributed by atoms with Crippen molar-refractivity contribution in [2.75, 3.05) is 187 Å². The lowest BCUT2D eigenvalue weighted by atomic mass is 9.98. The van der Waals surface area contributed by atoms with E-state index in [0.717, 1.165) is 38.6 Å². The SMILES string of the molecule is COCCOCCOCCOc1cc2c(cc1OCCOCCOCCOC)[n+](Cc1ccccc1)cn2Cc1cccc2cccc(Cn3c[n+](Cc4ccccc4)c4cc(OCCOCCOCCOC)c(OCCOCCOCCOC)cc43)c12.[Br-].[Br-]. The molecule has 0 saturated carbocycles. The van der Waals surface area contributed by atoms with Crippen LogP contribution in [0.1, 0.15) is 22.3 Å². The second-order valence-corrected chi connectivity index (χ2v) is 20.5. The molecule has 0 spiro atoms. The van der Waals surface area contributed by atoms with Gasteiger partial charge in [-0.2, -0.15) is 0 Å². The first-order valence-corrected chi connectivity index (χ1v) is 30.4. The molecule has 6 aromatic carbocycles. The highest BCUT2D eigenvalue weighted by Crippen LogP contribution is 2.35. The predicted octanol–water partition coefficient (Wildman–Crippen LogP) is 1.76. The molecule has 8 aromatic rings. The molecular weight excluding hydrogens is 1290 g/mol. The molecule has 0 saturated heterocycles. The summed E-state index contributed by atoms with van der Waals surface area (Å²) in [5.41, 5.74) is 8.58. The van der Waals surface area contributed by atoms with Gasteiger partial charge in [-0.25, -0.2) is 18.3 Å². The fraction of sp³-hybridized carbons (Fsp3) is 0.471. The third-order valence-corrected chi connectivity index (χ3v) is 14.2. The van der Waals surface area contributed by atoms with Crippen LogP contribution < -0.4 is 62.0 Å². The number of hydrogen-bond donors (Lipinski definition) is 0. The molecule has 0 aliphatic carbocycles. The van der Waals surface area contributed by atoms with Crippen LogP contribution >= 0.6 is 0 Å². The van der Waals surface area contributed by atoms with E-state index in [1.807, 2.05) is 12.1 Å². The maximum absolute atomic E-state index is 6.55. The van der Waals surface area contributed by atoms with Gasteiger partial charge in [-0.1, -0.05) is 97.1 Å². The second-order valence-electron chi connectivity index (χ2n) is 20.5. The Hall–Kier alpha value is -5.80. The highest BCUT2D eigenvalue weighted by Gasteiger charge is 2.25. The molecule has 0 aliphatic rings. The maximum Gasteiger partial charge on any atom is 0.245 e. The third-order valence-electron chi connectivity index (χ3n) is 14.2. The first kappa shape index (κ1) is 73.3. The van der Waals surface area contributed by atoms with Gasteiger partial charge in [0.1, 0.15) is 52.6 Å². The van der Waals surface area contributed by atoms with E-state index in [-0.39, 0.29) is 34.0 Å². The summed E-state index contributed by atoms with van der Waals surface area (Å²) in [6, 6.07) is 42.5. The topological polar surface area (TPSA) is 165 Å². The summed E-state index contributed by atoms with van der Waals surface area (Å²) >= 11 is 0. The van der Waals surface area contributed by atoms with Crippen molar-refractivity contribution in [3.63, 3.8) is 0 Å². The highest BCUT2D eigenvalue weighted by molar-refractivity contribution is 5.89. The van der Waals surface area contributed by atoms with E-state index in [1.165, 1.54) is 16.5 Å². The number of methoxy groups -OCH3 is 4. The minimum Gasteiger partial charge on any atom is -1.00 e. The van der Waals surface area contributed by atoms with E-state index < -0.39 is 0 Å². The van der Waals surface area contributed by atoms with Crippen LogP contribution in [0, 0.1) is 0 Å². The average molecular weight is 1380 g/mol. The number of benzene rings is 6. The fourth-order valence-electron chi connectivity index (χ4n) is 9.93. The van der Waals surface area contributed by atoms with E-state index in [9.17, 15) is 0 Å². The van der Waals surface area contributed by atoms with Gasteiger partial charge in [-0.15, -0.1) is 0 Å². The van der Waals surface area contributed by atoms with Gasteiger partial charge in [-0.05, 0) is 21.9 Å². The van der Waals surface area contributed by atoms with Crippen molar-refractivity contribution in [2.24, 2.45) is 0 Å². The zero-order valence-corrected chi connectivity index (χ0v) is 55.7. The van der Waals surface area contributed by atoms with E-state index in [0.29, 0.717) is 208 Å². The van der Waals surface area contributed by atoms with Crippen LogP contribution in [0.25, 0.3) is 32.8 Å². The number of ether oxygens (including phenoxy) is 16. The number of aromatic nitrogens is 4. The lowest BCUT2D eigenvalue weighted by molar-refractivity contribution is -0.663. The van der Waals surface area contributed by atoms with Gasteiger partial charge in [-0.3, -0.25) is 0 Å². The quantitative estimate of drug-likeness (QED) is 0.0400. The molecule has 8 rings (SSSR count). The van der Waals surface area contributed by atoms with Gasteiger partial charge in [0.25, 0.3) is 0 Å². The summed E-state index contributed by atoms with van der Waals surface area (Å²) in [6.45, 7) is 12.9. The Morgan fingerprint density at radius 3 is 0.911 bits per heavy atom. The number of nitrogens with zero attached hydrogens (tertiary/aromatic N) is 4. The van der Waals surface area contributed by atoms with Crippen LogP contribution in [0.2, 0.25) is 0 Å². The van der Waals surface area contributed by atoms with E-state index in [2.05, 4.69) is 140 Å². The Morgan fingerprint density at radius 2 is 0.600 bits per heavy atom. The molecule has 0 atom stereocenters. The van der Waals surface area contributed by atoms with Crippen molar-refractivity contribution in [3.8, 4) is 23.0 Å². The van der Waals surface area contributed by atoms with Crippen molar-refractivity contribution in [3.05, 3.63) is 156 Å². The summed E-state index contributed by atoms with van der Waals surface area (Å²) in [7, 11) is 6.62. The Kier molecular flexibility index (Phi) is 35.1. The number of halogens is 2. The number of rotatable bonds is 48. The molecule has 0 fully saturated rings. The molecule has 0 unspecified atom stereocenters. The molecule has 492 valence electrons. The zero-order chi connectivity index (χ0) is 61.1. The molecule has 0 bridgehead atoms. The third kappa shape index (κ3) is 24.0. The monoisotopic (exact) mass is 1380 g/mol. The van der Waals surface area contributed by atoms with Gasteiger partial charge in [0, 0.05) is 63.8 Å². The van der Waals surface area contributed by atoms with Gasteiger partial charge in [0.05, 0.1) is 132 Å². The van der Waals surface area contributed by atoms with Crippen LogP contribution in [-0.4, -0.2) is 196 Å². The molecule has 0 radical (unpaired) electrons. The van der Waals surface area contributed by atoms with Crippen molar-refractivity contribution < 1.29 is 119 Å². The zero-order valence-electron chi connectivity index (χ0n) is 52.6. The van der Waals surface area contributed by atoms with Crippen molar-refractivity contribution in [2.45, 2.75) is 26.2 Å². The molecule has 22 heteroatoms. The van der Waals surface area contributed by atoms with Gasteiger partial charge in [0.2, 0.25) is 12.7 Å². The number of imidazole rings is 2. The summed E-state index contributed by atoms with van der Waals surface area (Å²) in [6.07, 6.45) is 4.40. The minimum absolute atomic E-state index is 0. The Labute approximate surface area is 550 Å². The molecule has 0 aliphatic heterocycles. The van der Waals surface area contributed by atoms with E-state index in [1.54, 1.807) is 28.4 Å². The molecular formula is C68H90Br2N4O16. The van der Waals surface area contributed by atoms with Crippen LogP contribution in [0.15, 0.2) is 134 Å². The van der Waals surface area contributed by atoms with E-state index in [4.69, 9.17) is 75.8 Å². The van der Waals surface area contributed by atoms with Gasteiger partial charge in [0.15, 0.2) is 45.1 Å². The summed E-state index contributed by atoms with van der Waals surface area (Å²) < 4.78 is 102. The van der Waals surface area contributed by atoms with Crippen LogP contribution in [-0.2, 0) is 83.0 Å². The van der Waals surface area contributed by atoms with E-state index >= 15 is 0 Å². The van der Waals surface area contributed by atoms with Crippen LogP contribution in [0.5, 0.6) is 23.0 Å². The normalized spacial score (nSPS) is 11.4. The Morgan fingerprint density at radius 1 is 0.311 bits per heavy atom. The smallest absolute Gasteiger partial charge is 0.245 e.